The van der Waals surface area contributed by atoms with Crippen molar-refractivity contribution in [1.29, 1.82) is 0 Å². The minimum absolute atomic E-state index is 0.0129. The summed E-state index contributed by atoms with van der Waals surface area (Å²) in [5.74, 6) is -0.457. The van der Waals surface area contributed by atoms with Gasteiger partial charge in [-0.05, 0) is 45.2 Å². The summed E-state index contributed by atoms with van der Waals surface area (Å²) in [6.07, 6.45) is 5.42. The molecule has 1 saturated carbocycles. The Bertz CT molecular complexity index is 477. The predicted octanol–water partition coefficient (Wildman–Crippen LogP) is 2.24. The van der Waals surface area contributed by atoms with Crippen LogP contribution in [0, 0.1) is 0 Å². The van der Waals surface area contributed by atoms with Crippen LogP contribution >= 0.6 is 0 Å². The molecule has 0 radical (unpaired) electrons. The van der Waals surface area contributed by atoms with Gasteiger partial charge in [0, 0.05) is 18.8 Å². The van der Waals surface area contributed by atoms with Crippen molar-refractivity contribution in [2.24, 2.45) is 0 Å². The van der Waals surface area contributed by atoms with E-state index in [0.29, 0.717) is 24.9 Å². The lowest BCUT2D eigenvalue weighted by molar-refractivity contribution is -0.143. The van der Waals surface area contributed by atoms with Crippen molar-refractivity contribution >= 4 is 11.9 Å². The van der Waals surface area contributed by atoms with Gasteiger partial charge in [0.05, 0.1) is 6.61 Å². The first-order chi connectivity index (χ1) is 9.67. The summed E-state index contributed by atoms with van der Waals surface area (Å²) in [6, 6.07) is 4.16. The lowest BCUT2D eigenvalue weighted by atomic mass is 9.93. The second-order valence-corrected chi connectivity index (χ2v) is 5.01. The average Bonchev–Trinajstić information content (AvgIpc) is 2.82. The number of aromatic nitrogens is 1. The van der Waals surface area contributed by atoms with Crippen molar-refractivity contribution in [3.05, 3.63) is 24.0 Å². The molecule has 1 fully saturated rings. The predicted molar refractivity (Wildman–Crippen MR) is 75.5 cm³/mol. The number of nitrogens with zero attached hydrogens (tertiary/aromatic N) is 2. The van der Waals surface area contributed by atoms with Crippen molar-refractivity contribution in [3.63, 3.8) is 0 Å². The van der Waals surface area contributed by atoms with Gasteiger partial charge in [-0.2, -0.15) is 0 Å². The van der Waals surface area contributed by atoms with Crippen LogP contribution in [-0.4, -0.2) is 41.0 Å². The molecular formula is C15H22N2O3. The van der Waals surface area contributed by atoms with Gasteiger partial charge in [-0.25, -0.2) is 0 Å². The van der Waals surface area contributed by atoms with E-state index in [0.717, 1.165) is 12.8 Å². The van der Waals surface area contributed by atoms with Crippen LogP contribution in [0.4, 0.5) is 0 Å². The molecule has 5 heteroatoms. The maximum atomic E-state index is 12.5. The number of ether oxygens (including phenoxy) is 1. The first-order valence-corrected chi connectivity index (χ1v) is 7.29. The second kappa shape index (κ2) is 6.59. The Balaban J connectivity index is 2.08. The monoisotopic (exact) mass is 278 g/mol. The highest BCUT2D eigenvalue weighted by Crippen LogP contribution is 2.32. The number of carbonyl (C=O) groups excluding carboxylic acids is 2. The van der Waals surface area contributed by atoms with Crippen LogP contribution in [0.3, 0.4) is 0 Å². The van der Waals surface area contributed by atoms with Gasteiger partial charge in [0.1, 0.15) is 12.2 Å². The molecule has 1 aromatic rings. The number of carbonyl (C=O) groups is 2. The van der Waals surface area contributed by atoms with E-state index in [2.05, 4.69) is 0 Å². The Hall–Kier alpha value is -1.78. The molecule has 0 unspecified atom stereocenters. The Morgan fingerprint density at radius 3 is 2.70 bits per heavy atom. The molecule has 110 valence electrons. The quantitative estimate of drug-likeness (QED) is 0.750. The third-order valence-electron chi connectivity index (χ3n) is 3.76. The molecule has 1 aliphatic rings. The Morgan fingerprint density at radius 1 is 1.40 bits per heavy atom. The van der Waals surface area contributed by atoms with E-state index in [4.69, 9.17) is 4.74 Å². The van der Waals surface area contributed by atoms with Gasteiger partial charge in [-0.15, -0.1) is 0 Å². The number of likely N-dealkylation sites (N-methyl/N-ethyl adjacent to an activating group) is 1. The Labute approximate surface area is 119 Å². The van der Waals surface area contributed by atoms with E-state index in [1.54, 1.807) is 6.92 Å². The minimum atomic E-state index is -0.357. The molecule has 0 aliphatic heterocycles. The van der Waals surface area contributed by atoms with Crippen LogP contribution in [0.15, 0.2) is 18.3 Å². The third-order valence-corrected chi connectivity index (χ3v) is 3.76. The molecule has 0 saturated heterocycles. The molecule has 0 N–H and O–H groups in total. The number of amides is 1. The highest BCUT2D eigenvalue weighted by Gasteiger charge is 2.26. The van der Waals surface area contributed by atoms with E-state index >= 15 is 0 Å². The minimum Gasteiger partial charge on any atom is -0.465 e. The number of esters is 1. The molecule has 1 heterocycles. The number of hydrogen-bond donors (Lipinski definition) is 0. The normalized spacial score (nSPS) is 14.7. The van der Waals surface area contributed by atoms with E-state index in [1.807, 2.05) is 29.8 Å². The number of rotatable bonds is 6. The van der Waals surface area contributed by atoms with Crippen molar-refractivity contribution < 1.29 is 14.3 Å². The molecule has 5 nitrogen and oxygen atoms in total. The zero-order valence-corrected chi connectivity index (χ0v) is 12.2. The molecule has 0 bridgehead atoms. The van der Waals surface area contributed by atoms with Crippen molar-refractivity contribution in [3.8, 4) is 0 Å². The van der Waals surface area contributed by atoms with Crippen LogP contribution < -0.4 is 0 Å². The zero-order chi connectivity index (χ0) is 14.5. The largest absolute Gasteiger partial charge is 0.465 e. The first-order valence-electron chi connectivity index (χ1n) is 7.29. The summed E-state index contributed by atoms with van der Waals surface area (Å²) in [5, 5.41) is 0. The SMILES string of the molecule is CCOC(=O)CN(CC)C(=O)c1cccn1C1CCC1. The summed E-state index contributed by atoms with van der Waals surface area (Å²) in [5.41, 5.74) is 0.667. The topological polar surface area (TPSA) is 51.5 Å². The van der Waals surface area contributed by atoms with Crippen molar-refractivity contribution in [2.45, 2.75) is 39.2 Å². The van der Waals surface area contributed by atoms with Gasteiger partial charge < -0.3 is 14.2 Å². The highest BCUT2D eigenvalue weighted by atomic mass is 16.5. The molecule has 1 aliphatic carbocycles. The summed E-state index contributed by atoms with van der Waals surface area (Å²) < 4.78 is 6.95. The smallest absolute Gasteiger partial charge is 0.325 e. The van der Waals surface area contributed by atoms with E-state index < -0.39 is 0 Å². The maximum Gasteiger partial charge on any atom is 0.325 e. The summed E-state index contributed by atoms with van der Waals surface area (Å²) in [6.45, 7) is 4.47. The molecule has 1 aromatic heterocycles. The maximum absolute atomic E-state index is 12.5. The van der Waals surface area contributed by atoms with Gasteiger partial charge in [0.2, 0.25) is 0 Å². The fourth-order valence-corrected chi connectivity index (χ4v) is 2.41. The molecule has 0 spiro atoms. The highest BCUT2D eigenvalue weighted by molar-refractivity contribution is 5.94. The standard InChI is InChI=1S/C15H22N2O3/c1-3-16(11-14(18)20-4-2)15(19)13-9-6-10-17(13)12-7-5-8-12/h6,9-10,12H,3-5,7-8,11H2,1-2H3. The zero-order valence-electron chi connectivity index (χ0n) is 12.2. The average molecular weight is 278 g/mol. The van der Waals surface area contributed by atoms with E-state index in [9.17, 15) is 9.59 Å². The molecule has 1 amide bonds. The van der Waals surface area contributed by atoms with Crippen LogP contribution in [0.5, 0.6) is 0 Å². The van der Waals surface area contributed by atoms with Gasteiger partial charge in [0.25, 0.3) is 5.91 Å². The van der Waals surface area contributed by atoms with Gasteiger partial charge in [0.15, 0.2) is 0 Å². The molecule has 2 rings (SSSR count). The van der Waals surface area contributed by atoms with Crippen LogP contribution in [0.25, 0.3) is 0 Å². The Kier molecular flexibility index (Phi) is 4.82. The van der Waals surface area contributed by atoms with Gasteiger partial charge >= 0.3 is 5.97 Å². The van der Waals surface area contributed by atoms with Gasteiger partial charge in [-0.1, -0.05) is 0 Å². The number of hydrogen-bond acceptors (Lipinski definition) is 3. The van der Waals surface area contributed by atoms with E-state index in [1.165, 1.54) is 11.3 Å². The van der Waals surface area contributed by atoms with Crippen LogP contribution in [0.1, 0.15) is 49.6 Å². The second-order valence-electron chi connectivity index (χ2n) is 5.01. The van der Waals surface area contributed by atoms with Crippen molar-refractivity contribution in [1.82, 2.24) is 9.47 Å². The molecular weight excluding hydrogens is 256 g/mol. The van der Waals surface area contributed by atoms with Gasteiger partial charge in [-0.3, -0.25) is 9.59 Å². The summed E-state index contributed by atoms with van der Waals surface area (Å²) in [7, 11) is 0. The lowest BCUT2D eigenvalue weighted by Crippen LogP contribution is -2.38. The molecule has 20 heavy (non-hydrogen) atoms. The third kappa shape index (κ3) is 3.03. The summed E-state index contributed by atoms with van der Waals surface area (Å²) >= 11 is 0. The van der Waals surface area contributed by atoms with E-state index in [-0.39, 0.29) is 18.4 Å². The first kappa shape index (κ1) is 14.6. The van der Waals surface area contributed by atoms with Crippen LogP contribution in [0.2, 0.25) is 0 Å². The lowest BCUT2D eigenvalue weighted by Gasteiger charge is -2.30. The fourth-order valence-electron chi connectivity index (χ4n) is 2.41. The van der Waals surface area contributed by atoms with Crippen LogP contribution in [-0.2, 0) is 9.53 Å². The van der Waals surface area contributed by atoms with Crippen molar-refractivity contribution in [2.75, 3.05) is 19.7 Å². The Morgan fingerprint density at radius 2 is 2.15 bits per heavy atom. The summed E-state index contributed by atoms with van der Waals surface area (Å²) in [4.78, 5) is 25.6. The molecule has 0 aromatic carbocycles. The molecule has 0 atom stereocenters. The fraction of sp³-hybridized carbons (Fsp3) is 0.600.